The molecule has 2 aliphatic heterocycles. The van der Waals surface area contributed by atoms with E-state index in [1.807, 2.05) is 0 Å². The number of nitrogens with one attached hydrogen (secondary N) is 1. The molecule has 1 N–H and O–H groups in total. The lowest BCUT2D eigenvalue weighted by Gasteiger charge is -2.41. The summed E-state index contributed by atoms with van der Waals surface area (Å²) in [5.74, 6) is 1.34. The molecule has 3 atom stereocenters. The Morgan fingerprint density at radius 2 is 2.10 bits per heavy atom. The van der Waals surface area contributed by atoms with Crippen LogP contribution >= 0.6 is 0 Å². The molecule has 3 fully saturated rings. The molecule has 2 saturated heterocycles. The van der Waals surface area contributed by atoms with Gasteiger partial charge in [0.25, 0.3) is 0 Å². The van der Waals surface area contributed by atoms with Gasteiger partial charge in [-0.25, -0.2) is 0 Å². The van der Waals surface area contributed by atoms with E-state index in [-0.39, 0.29) is 0 Å². The summed E-state index contributed by atoms with van der Waals surface area (Å²) in [7, 11) is 2.05. The molecule has 120 valence electrons. The van der Waals surface area contributed by atoms with Gasteiger partial charge in [0.2, 0.25) is 5.91 Å². The third-order valence-electron chi connectivity index (χ3n) is 6.32. The molecule has 3 aliphatic rings. The van der Waals surface area contributed by atoms with Gasteiger partial charge < -0.3 is 15.1 Å². The molecular weight excluding hydrogens is 262 g/mol. The Morgan fingerprint density at radius 3 is 2.71 bits per heavy atom. The minimum Gasteiger partial charge on any atom is -0.342 e. The van der Waals surface area contributed by atoms with Crippen LogP contribution in [-0.4, -0.2) is 61.5 Å². The molecule has 0 aromatic heterocycles. The number of nitrogens with zero attached hydrogens (tertiary/aromatic N) is 2. The lowest BCUT2D eigenvalue weighted by atomic mass is 9.90. The zero-order valence-electron chi connectivity index (χ0n) is 13.9. The topological polar surface area (TPSA) is 35.6 Å². The van der Waals surface area contributed by atoms with Crippen LogP contribution < -0.4 is 5.32 Å². The molecule has 21 heavy (non-hydrogen) atoms. The lowest BCUT2D eigenvalue weighted by Crippen LogP contribution is -2.51. The van der Waals surface area contributed by atoms with E-state index in [9.17, 15) is 4.79 Å². The molecular formula is C17H31N3O. The van der Waals surface area contributed by atoms with E-state index in [1.54, 1.807) is 0 Å². The van der Waals surface area contributed by atoms with Crippen LogP contribution in [0, 0.1) is 17.3 Å². The molecule has 0 aromatic rings. The molecule has 3 rings (SSSR count). The summed E-state index contributed by atoms with van der Waals surface area (Å²) in [4.78, 5) is 17.5. The van der Waals surface area contributed by atoms with Crippen molar-refractivity contribution in [3.05, 3.63) is 0 Å². The van der Waals surface area contributed by atoms with Crippen molar-refractivity contribution in [2.45, 2.75) is 45.6 Å². The lowest BCUT2D eigenvalue weighted by molar-refractivity contribution is -0.136. The second-order valence-electron chi connectivity index (χ2n) is 7.54. The minimum absolute atomic E-state index is 0.320. The summed E-state index contributed by atoms with van der Waals surface area (Å²) in [6.07, 6.45) is 4.67. The van der Waals surface area contributed by atoms with Crippen molar-refractivity contribution < 1.29 is 4.79 Å². The number of amides is 1. The summed E-state index contributed by atoms with van der Waals surface area (Å²) in [6.45, 7) is 10.1. The van der Waals surface area contributed by atoms with Crippen LogP contribution in [0.4, 0.5) is 0 Å². The Bertz CT molecular complexity index is 391. The van der Waals surface area contributed by atoms with Gasteiger partial charge in [-0.2, -0.15) is 0 Å². The van der Waals surface area contributed by atoms with Crippen LogP contribution in [0.2, 0.25) is 0 Å². The highest BCUT2D eigenvalue weighted by molar-refractivity contribution is 5.82. The SMILES string of the molecule is CCN1CC[C@H](N(C)C(=O)[C@H]2CC23CCNCC3)[C@H](C)C1. The van der Waals surface area contributed by atoms with Crippen LogP contribution in [-0.2, 0) is 4.79 Å². The van der Waals surface area contributed by atoms with Gasteiger partial charge in [-0.3, -0.25) is 4.79 Å². The zero-order chi connectivity index (χ0) is 15.0. The van der Waals surface area contributed by atoms with Crippen molar-refractivity contribution in [2.75, 3.05) is 39.8 Å². The number of hydrogen-bond donors (Lipinski definition) is 1. The van der Waals surface area contributed by atoms with E-state index in [2.05, 4.69) is 36.0 Å². The summed E-state index contributed by atoms with van der Waals surface area (Å²) < 4.78 is 0. The van der Waals surface area contributed by atoms with Crippen LogP contribution in [0.25, 0.3) is 0 Å². The third-order valence-corrected chi connectivity index (χ3v) is 6.32. The van der Waals surface area contributed by atoms with Gasteiger partial charge in [0.15, 0.2) is 0 Å². The first-order valence-electron chi connectivity index (χ1n) is 8.77. The maximum atomic E-state index is 12.9. The highest BCUT2D eigenvalue weighted by Crippen LogP contribution is 2.59. The number of carbonyl (C=O) groups is 1. The van der Waals surface area contributed by atoms with Gasteiger partial charge in [-0.05, 0) is 56.7 Å². The van der Waals surface area contributed by atoms with E-state index >= 15 is 0 Å². The predicted octanol–water partition coefficient (Wildman–Crippen LogP) is 1.56. The molecule has 0 aromatic carbocycles. The fourth-order valence-electron chi connectivity index (χ4n) is 4.67. The number of carbonyl (C=O) groups excluding carboxylic acids is 1. The van der Waals surface area contributed by atoms with Crippen LogP contribution in [0.3, 0.4) is 0 Å². The molecule has 0 radical (unpaired) electrons. The molecule has 1 spiro atoms. The van der Waals surface area contributed by atoms with Gasteiger partial charge in [-0.1, -0.05) is 13.8 Å². The second kappa shape index (κ2) is 5.88. The highest BCUT2D eigenvalue weighted by atomic mass is 16.2. The normalized spacial score (nSPS) is 35.7. The smallest absolute Gasteiger partial charge is 0.226 e. The first-order chi connectivity index (χ1) is 10.1. The van der Waals surface area contributed by atoms with Crippen LogP contribution in [0.15, 0.2) is 0 Å². The van der Waals surface area contributed by atoms with Crippen LogP contribution in [0.1, 0.15) is 39.5 Å². The average Bonchev–Trinajstić information content (AvgIpc) is 3.19. The number of hydrogen-bond acceptors (Lipinski definition) is 3. The number of piperidine rings is 2. The van der Waals surface area contributed by atoms with E-state index in [4.69, 9.17) is 0 Å². The first kappa shape index (κ1) is 15.3. The summed E-state index contributed by atoms with van der Waals surface area (Å²) in [5.41, 5.74) is 0.365. The Hall–Kier alpha value is -0.610. The number of likely N-dealkylation sites (tertiary alicyclic amines) is 1. The largest absolute Gasteiger partial charge is 0.342 e. The molecule has 1 amide bonds. The van der Waals surface area contributed by atoms with E-state index in [0.717, 1.165) is 45.6 Å². The fraction of sp³-hybridized carbons (Fsp3) is 0.941. The monoisotopic (exact) mass is 293 g/mol. The zero-order valence-corrected chi connectivity index (χ0v) is 13.9. The fourth-order valence-corrected chi connectivity index (χ4v) is 4.67. The molecule has 4 heteroatoms. The highest BCUT2D eigenvalue weighted by Gasteiger charge is 2.58. The predicted molar refractivity (Wildman–Crippen MR) is 85.1 cm³/mol. The van der Waals surface area contributed by atoms with E-state index in [1.165, 1.54) is 12.8 Å². The number of rotatable bonds is 3. The first-order valence-corrected chi connectivity index (χ1v) is 8.77. The Morgan fingerprint density at radius 1 is 1.38 bits per heavy atom. The van der Waals surface area contributed by atoms with Crippen molar-refractivity contribution in [3.8, 4) is 0 Å². The molecule has 4 nitrogen and oxygen atoms in total. The Balaban J connectivity index is 1.58. The van der Waals surface area contributed by atoms with Gasteiger partial charge in [-0.15, -0.1) is 0 Å². The van der Waals surface area contributed by atoms with Crippen molar-refractivity contribution in [1.29, 1.82) is 0 Å². The van der Waals surface area contributed by atoms with Gasteiger partial charge in [0.05, 0.1) is 0 Å². The average molecular weight is 293 g/mol. The van der Waals surface area contributed by atoms with Gasteiger partial charge in [0, 0.05) is 32.1 Å². The van der Waals surface area contributed by atoms with Crippen LogP contribution in [0.5, 0.6) is 0 Å². The van der Waals surface area contributed by atoms with Crippen molar-refractivity contribution in [1.82, 2.24) is 15.1 Å². The van der Waals surface area contributed by atoms with E-state index in [0.29, 0.717) is 29.2 Å². The summed E-state index contributed by atoms with van der Waals surface area (Å²) in [6, 6.07) is 0.444. The molecule has 2 heterocycles. The van der Waals surface area contributed by atoms with Crippen molar-refractivity contribution in [3.63, 3.8) is 0 Å². The van der Waals surface area contributed by atoms with Gasteiger partial charge in [0.1, 0.15) is 0 Å². The quantitative estimate of drug-likeness (QED) is 0.858. The van der Waals surface area contributed by atoms with E-state index < -0.39 is 0 Å². The van der Waals surface area contributed by atoms with Gasteiger partial charge >= 0.3 is 0 Å². The summed E-state index contributed by atoms with van der Waals surface area (Å²) >= 11 is 0. The Labute approximate surface area is 129 Å². The van der Waals surface area contributed by atoms with Crippen molar-refractivity contribution in [2.24, 2.45) is 17.3 Å². The second-order valence-corrected chi connectivity index (χ2v) is 7.54. The molecule has 1 aliphatic carbocycles. The molecule has 1 saturated carbocycles. The third kappa shape index (κ3) is 2.85. The van der Waals surface area contributed by atoms with Crippen molar-refractivity contribution >= 4 is 5.91 Å². The Kier molecular flexibility index (Phi) is 4.28. The maximum Gasteiger partial charge on any atom is 0.226 e. The summed E-state index contributed by atoms with van der Waals surface area (Å²) in [5, 5.41) is 3.42. The minimum atomic E-state index is 0.320. The standard InChI is InChI=1S/C17H31N3O/c1-4-20-10-5-15(13(2)12-20)19(3)16(21)14-11-17(14)6-8-18-9-7-17/h13-15,18H,4-12H2,1-3H3/t13-,14-,15+/m1/s1. The molecule has 0 unspecified atom stereocenters. The molecule has 0 bridgehead atoms. The maximum absolute atomic E-state index is 12.9.